The van der Waals surface area contributed by atoms with E-state index < -0.39 is 75.1 Å². The molecule has 2 aromatic carbocycles. The molecule has 2 unspecified atom stereocenters. The number of pyridine rings is 4. The number of carbonyl (C=O) groups is 3. The summed E-state index contributed by atoms with van der Waals surface area (Å²) < 4.78 is 49.9. The molecule has 2 fully saturated rings. The number of nitrogens with one attached hydrogen (secondary N) is 2. The summed E-state index contributed by atoms with van der Waals surface area (Å²) in [5.41, 5.74) is 1.56. The summed E-state index contributed by atoms with van der Waals surface area (Å²) in [6.45, 7) is 17.0. The Bertz CT molecular complexity index is 3750. The highest BCUT2D eigenvalue weighted by atomic mass is 35.5. The standard InChI is InChI=1S/C17H14O6.2C16H14ClFN4O2.2C5H10O.CO2/c18-15(19)14(23-17(21)13-9-5-2-6-10-13)11-22-16(20)12-7-3-1-4-8-12;2*1-7(2)11-12(8(3)4-5-19-11)22-14-9(15(23)21-16(22)24)6-10(18)13(17)20-14;2*1-5-3-2-4-6-5;2-1-3/h1-10,14H,11H2,(H,18,19);2*4-7H,1-3H3,(H,21,23,24);2*5H,2-4H2,1H3;/t14-;;;;;/m0...../s1. The van der Waals surface area contributed by atoms with Gasteiger partial charge in [0.05, 0.1) is 56.9 Å². The average Bonchev–Trinajstić information content (AvgIpc) is 1.03. The second-order valence-electron chi connectivity index (χ2n) is 19.8. The van der Waals surface area contributed by atoms with Gasteiger partial charge in [-0.2, -0.15) is 9.59 Å². The predicted molar refractivity (Wildman–Crippen MR) is 313 cm³/mol. The molecular formula is C60H62Cl2F2N8O14. The van der Waals surface area contributed by atoms with Gasteiger partial charge in [-0.15, -0.1) is 0 Å². The van der Waals surface area contributed by atoms with Crippen LogP contribution in [-0.4, -0.2) is 106 Å². The maximum atomic E-state index is 13.7. The molecule has 2 aliphatic heterocycles. The molecule has 0 amide bonds. The molecule has 2 saturated heterocycles. The fraction of sp³-hybridized carbons (Fsp3) is 0.333. The van der Waals surface area contributed by atoms with Crippen molar-refractivity contribution in [3.63, 3.8) is 0 Å². The third-order valence-electron chi connectivity index (χ3n) is 12.7. The lowest BCUT2D eigenvalue weighted by Crippen LogP contribution is -2.32. The summed E-state index contributed by atoms with van der Waals surface area (Å²) in [5.74, 6) is -4.50. The number of hydrogen-bond donors (Lipinski definition) is 3. The van der Waals surface area contributed by atoms with Crippen LogP contribution < -0.4 is 22.5 Å². The lowest BCUT2D eigenvalue weighted by molar-refractivity contribution is -0.191. The molecule has 26 heteroatoms. The fourth-order valence-corrected chi connectivity index (χ4v) is 8.69. The van der Waals surface area contributed by atoms with Crippen LogP contribution >= 0.6 is 23.2 Å². The zero-order valence-corrected chi connectivity index (χ0v) is 49.5. The number of fused-ring (bicyclic) bond motifs is 2. The van der Waals surface area contributed by atoms with Gasteiger partial charge >= 0.3 is 35.4 Å². The highest BCUT2D eigenvalue weighted by Crippen LogP contribution is 2.28. The lowest BCUT2D eigenvalue weighted by atomic mass is 10.0. The third-order valence-corrected chi connectivity index (χ3v) is 13.2. The summed E-state index contributed by atoms with van der Waals surface area (Å²) >= 11 is 11.5. The molecule has 86 heavy (non-hydrogen) atoms. The number of carbonyl (C=O) groups excluding carboxylic acids is 4. The van der Waals surface area contributed by atoms with E-state index >= 15 is 0 Å². The first-order valence-electron chi connectivity index (χ1n) is 26.8. The molecule has 22 nitrogen and oxygen atoms in total. The van der Waals surface area contributed by atoms with Gasteiger partial charge in [0.25, 0.3) is 11.1 Å². The summed E-state index contributed by atoms with van der Waals surface area (Å²) in [6.07, 6.45) is 8.12. The number of aryl methyl sites for hydroxylation is 2. The number of benzene rings is 2. The monoisotopic (exact) mass is 1230 g/mol. The van der Waals surface area contributed by atoms with Crippen molar-refractivity contribution in [3.05, 3.63) is 195 Å². The normalized spacial score (nSPS) is 14.3. The van der Waals surface area contributed by atoms with Gasteiger partial charge in [0.15, 0.2) is 33.2 Å². The molecule has 6 aromatic heterocycles. The van der Waals surface area contributed by atoms with Crippen molar-refractivity contribution in [3.8, 4) is 11.4 Å². The first-order chi connectivity index (χ1) is 40.9. The number of halogens is 4. The Hall–Kier alpha value is -8.93. The maximum absolute atomic E-state index is 13.7. The number of ether oxygens (including phenoxy) is 4. The molecular weight excluding hydrogens is 1170 g/mol. The summed E-state index contributed by atoms with van der Waals surface area (Å²) in [5, 5.41) is 8.15. The molecule has 0 aliphatic carbocycles. The number of aromatic nitrogens is 8. The lowest BCUT2D eigenvalue weighted by Gasteiger charge is -2.17. The van der Waals surface area contributed by atoms with Crippen LogP contribution in [0.2, 0.25) is 10.3 Å². The Morgan fingerprint density at radius 3 is 1.38 bits per heavy atom. The van der Waals surface area contributed by atoms with Crippen molar-refractivity contribution in [1.82, 2.24) is 39.0 Å². The largest absolute Gasteiger partial charge is 0.478 e. The van der Waals surface area contributed by atoms with E-state index in [0.717, 1.165) is 36.5 Å². The van der Waals surface area contributed by atoms with Gasteiger partial charge in [0.1, 0.15) is 6.61 Å². The van der Waals surface area contributed by atoms with Gasteiger partial charge in [-0.3, -0.25) is 29.5 Å². The van der Waals surface area contributed by atoms with E-state index in [1.54, 1.807) is 60.9 Å². The Morgan fingerprint density at radius 1 is 0.674 bits per heavy atom. The minimum Gasteiger partial charge on any atom is -0.478 e. The van der Waals surface area contributed by atoms with E-state index in [9.17, 15) is 42.3 Å². The first-order valence-corrected chi connectivity index (χ1v) is 27.5. The third kappa shape index (κ3) is 18.3. The number of carboxylic acids is 1. The molecule has 0 radical (unpaired) electrons. The van der Waals surface area contributed by atoms with Gasteiger partial charge in [0, 0.05) is 25.6 Å². The van der Waals surface area contributed by atoms with Crippen LogP contribution in [0.25, 0.3) is 33.4 Å². The average molecular weight is 1230 g/mol. The van der Waals surface area contributed by atoms with Crippen LogP contribution in [0.4, 0.5) is 8.78 Å². The number of carboxylic acid groups (broad SMARTS) is 1. The molecule has 3 N–H and O–H groups in total. The van der Waals surface area contributed by atoms with Crippen molar-refractivity contribution in [2.75, 3.05) is 19.8 Å². The number of aromatic amines is 2. The Balaban J connectivity index is 0.000000209. The minimum atomic E-state index is -1.57. The molecule has 8 heterocycles. The molecule has 454 valence electrons. The molecule has 3 atom stereocenters. The quantitative estimate of drug-likeness (QED) is 0.0848. The number of hydrogen-bond acceptors (Lipinski definition) is 17. The first kappa shape index (κ1) is 67.9. The fourth-order valence-electron chi connectivity index (χ4n) is 8.42. The van der Waals surface area contributed by atoms with Crippen molar-refractivity contribution in [2.45, 2.75) is 111 Å². The van der Waals surface area contributed by atoms with Gasteiger partial charge in [-0.05, 0) is 125 Å². The van der Waals surface area contributed by atoms with Crippen LogP contribution in [0, 0.1) is 25.5 Å². The van der Waals surface area contributed by atoms with E-state index in [0.29, 0.717) is 35.0 Å². The molecule has 10 rings (SSSR count). The molecule has 0 bridgehead atoms. The van der Waals surface area contributed by atoms with E-state index in [1.807, 2.05) is 41.5 Å². The zero-order valence-electron chi connectivity index (χ0n) is 48.0. The van der Waals surface area contributed by atoms with E-state index in [4.69, 9.17) is 56.8 Å². The topological polar surface area (TPSA) is 304 Å². The summed E-state index contributed by atoms with van der Waals surface area (Å²) in [6, 6.07) is 21.5. The number of nitrogens with zero attached hydrogens (tertiary/aromatic N) is 6. The van der Waals surface area contributed by atoms with Crippen LogP contribution in [0.15, 0.2) is 117 Å². The van der Waals surface area contributed by atoms with E-state index in [1.165, 1.54) is 59.1 Å². The Kier molecular flexibility index (Phi) is 25.5. The Labute approximate surface area is 500 Å². The van der Waals surface area contributed by atoms with Crippen LogP contribution in [0.1, 0.15) is 122 Å². The smallest absolute Gasteiger partial charge is 0.373 e. The van der Waals surface area contributed by atoms with Crippen molar-refractivity contribution < 1.29 is 56.8 Å². The van der Waals surface area contributed by atoms with Gasteiger partial charge < -0.3 is 24.1 Å². The highest BCUT2D eigenvalue weighted by Gasteiger charge is 2.26. The molecule has 0 saturated carbocycles. The van der Waals surface area contributed by atoms with Crippen molar-refractivity contribution in [2.24, 2.45) is 0 Å². The zero-order chi connectivity index (χ0) is 63.4. The molecule has 2 aliphatic rings. The van der Waals surface area contributed by atoms with Gasteiger partial charge in [-0.1, -0.05) is 87.3 Å². The number of esters is 2. The molecule has 8 aromatic rings. The van der Waals surface area contributed by atoms with Crippen LogP contribution in [0.5, 0.6) is 0 Å². The number of H-pyrrole nitrogens is 2. The van der Waals surface area contributed by atoms with E-state index in [-0.39, 0.29) is 51.2 Å². The summed E-state index contributed by atoms with van der Waals surface area (Å²) in [4.78, 5) is 121. The van der Waals surface area contributed by atoms with Crippen LogP contribution in [-0.2, 0) is 33.3 Å². The molecule has 0 spiro atoms. The Morgan fingerprint density at radius 2 is 1.06 bits per heavy atom. The summed E-state index contributed by atoms with van der Waals surface area (Å²) in [7, 11) is 0. The van der Waals surface area contributed by atoms with Crippen LogP contribution in [0.3, 0.4) is 0 Å². The van der Waals surface area contributed by atoms with E-state index in [2.05, 4.69) is 43.8 Å². The van der Waals surface area contributed by atoms with Gasteiger partial charge in [0.2, 0.25) is 6.10 Å². The highest BCUT2D eigenvalue weighted by molar-refractivity contribution is 6.30. The van der Waals surface area contributed by atoms with Crippen molar-refractivity contribution >= 4 is 69.3 Å². The second-order valence-corrected chi connectivity index (χ2v) is 20.5. The second kappa shape index (κ2) is 32.4. The number of rotatable bonds is 10. The SMILES string of the molecule is CC1CCCO1.CC1CCCO1.Cc1ccnc(C(C)C)c1-n1c(=O)[nH]c(=O)c2cc(F)c(Cl)nc21.Cc1ccnc(C(C)C)c1-n1c(=O)[nH]c(=O)c2cc(F)c(Cl)nc21.O=C(OC[C@H](OC(=O)c1ccccc1)C(=O)O)c1ccccc1.O=C=O. The number of aliphatic carboxylic acids is 1. The maximum Gasteiger partial charge on any atom is 0.373 e. The van der Waals surface area contributed by atoms with Crippen molar-refractivity contribution in [1.29, 1.82) is 0 Å². The minimum absolute atomic E-state index is 0.00634. The van der Waals surface area contributed by atoms with Gasteiger partial charge in [-0.25, -0.2) is 51.9 Å². The predicted octanol–water partition coefficient (Wildman–Crippen LogP) is 9.33.